The van der Waals surface area contributed by atoms with Crippen LogP contribution >= 0.6 is 0 Å². The molecule has 8 heteroatoms. The molecule has 2 aromatic rings. The molecule has 1 aromatic heterocycles. The third-order valence-corrected chi connectivity index (χ3v) is 4.00. The molecule has 1 fully saturated rings. The molecule has 0 radical (unpaired) electrons. The molecule has 0 saturated carbocycles. The van der Waals surface area contributed by atoms with E-state index in [1.54, 1.807) is 21.9 Å². The fourth-order valence-corrected chi connectivity index (χ4v) is 2.62. The number of amides is 1. The van der Waals surface area contributed by atoms with Gasteiger partial charge in [0.2, 0.25) is 5.91 Å². The highest BCUT2D eigenvalue weighted by atomic mass is 19.4. The van der Waals surface area contributed by atoms with Crippen LogP contribution in [0.4, 0.5) is 23.4 Å². The first-order valence-electron chi connectivity index (χ1n) is 7.63. The quantitative estimate of drug-likeness (QED) is 0.796. The van der Waals surface area contributed by atoms with Gasteiger partial charge in [0.25, 0.3) is 0 Å². The molecule has 0 N–H and O–H groups in total. The second-order valence-electron chi connectivity index (χ2n) is 5.77. The summed E-state index contributed by atoms with van der Waals surface area (Å²) in [6, 6.07) is 8.13. The molecule has 1 aromatic carbocycles. The summed E-state index contributed by atoms with van der Waals surface area (Å²) in [5.74, 6) is -0.159. The third-order valence-electron chi connectivity index (χ3n) is 4.00. The first-order valence-corrected chi connectivity index (χ1v) is 7.63. The molecular formula is C17H15F4N3O. The number of nitrogens with zero attached hydrogens (tertiary/aromatic N) is 3. The fourth-order valence-electron chi connectivity index (χ4n) is 2.62. The zero-order chi connectivity index (χ0) is 18.0. The Balaban J connectivity index is 1.63. The highest BCUT2D eigenvalue weighted by molar-refractivity contribution is 5.82. The molecule has 1 saturated heterocycles. The van der Waals surface area contributed by atoms with Crippen LogP contribution in [0.3, 0.4) is 0 Å². The zero-order valence-electron chi connectivity index (χ0n) is 13.1. The standard InChI is InChI=1S/C17H15F4N3O/c18-14-4-1-12(2-5-14)10-24-8-7-23(11-16(24)25)15-6-3-13(9-22-15)17(19,20)21/h1-6,9H,7-8,10-11H2. The van der Waals surface area contributed by atoms with Crippen molar-refractivity contribution >= 4 is 11.7 Å². The Labute approximate surface area is 141 Å². The minimum atomic E-state index is -4.44. The van der Waals surface area contributed by atoms with Gasteiger partial charge in [-0.2, -0.15) is 13.2 Å². The van der Waals surface area contributed by atoms with Crippen molar-refractivity contribution in [3.05, 3.63) is 59.5 Å². The normalized spacial score (nSPS) is 15.6. The van der Waals surface area contributed by atoms with Gasteiger partial charge in [-0.05, 0) is 29.8 Å². The number of piperazine rings is 1. The lowest BCUT2D eigenvalue weighted by Crippen LogP contribution is -2.50. The van der Waals surface area contributed by atoms with Gasteiger partial charge in [-0.25, -0.2) is 9.37 Å². The van der Waals surface area contributed by atoms with E-state index in [1.807, 2.05) is 0 Å². The van der Waals surface area contributed by atoms with Gasteiger partial charge >= 0.3 is 6.18 Å². The van der Waals surface area contributed by atoms with E-state index < -0.39 is 11.7 Å². The van der Waals surface area contributed by atoms with E-state index in [1.165, 1.54) is 18.2 Å². The van der Waals surface area contributed by atoms with Gasteiger partial charge in [-0.1, -0.05) is 12.1 Å². The van der Waals surface area contributed by atoms with Gasteiger partial charge in [0.1, 0.15) is 11.6 Å². The SMILES string of the molecule is O=C1CN(c2ccc(C(F)(F)F)cn2)CCN1Cc1ccc(F)cc1. The molecule has 0 spiro atoms. The summed E-state index contributed by atoms with van der Waals surface area (Å²) >= 11 is 0. The van der Waals surface area contributed by atoms with E-state index in [0.717, 1.165) is 17.8 Å². The highest BCUT2D eigenvalue weighted by Crippen LogP contribution is 2.29. The third kappa shape index (κ3) is 4.07. The molecule has 3 rings (SSSR count). The smallest absolute Gasteiger partial charge is 0.346 e. The van der Waals surface area contributed by atoms with Crippen LogP contribution in [0.15, 0.2) is 42.6 Å². The van der Waals surface area contributed by atoms with Crippen LogP contribution in [0.2, 0.25) is 0 Å². The van der Waals surface area contributed by atoms with Gasteiger partial charge in [0.05, 0.1) is 12.1 Å². The highest BCUT2D eigenvalue weighted by Gasteiger charge is 2.31. The van der Waals surface area contributed by atoms with Crippen LogP contribution in [0.5, 0.6) is 0 Å². The molecular weight excluding hydrogens is 338 g/mol. The Morgan fingerprint density at radius 3 is 2.32 bits per heavy atom. The number of pyridine rings is 1. The van der Waals surface area contributed by atoms with Crippen molar-refractivity contribution < 1.29 is 22.4 Å². The lowest BCUT2D eigenvalue weighted by molar-refractivity contribution is -0.138. The van der Waals surface area contributed by atoms with E-state index in [9.17, 15) is 22.4 Å². The summed E-state index contributed by atoms with van der Waals surface area (Å²) in [5, 5.41) is 0. The van der Waals surface area contributed by atoms with E-state index >= 15 is 0 Å². The maximum absolute atomic E-state index is 12.9. The van der Waals surface area contributed by atoms with Crippen LogP contribution in [0, 0.1) is 5.82 Å². The number of rotatable bonds is 3. The van der Waals surface area contributed by atoms with Crippen LogP contribution in [-0.2, 0) is 17.5 Å². The van der Waals surface area contributed by atoms with E-state index in [0.29, 0.717) is 25.5 Å². The van der Waals surface area contributed by atoms with Gasteiger partial charge in [-0.3, -0.25) is 4.79 Å². The molecule has 0 bridgehead atoms. The molecule has 25 heavy (non-hydrogen) atoms. The van der Waals surface area contributed by atoms with Crippen molar-refractivity contribution in [2.75, 3.05) is 24.5 Å². The van der Waals surface area contributed by atoms with E-state index in [-0.39, 0.29) is 18.3 Å². The minimum absolute atomic E-state index is 0.0412. The number of benzene rings is 1. The molecule has 0 atom stereocenters. The summed E-state index contributed by atoms with van der Waals surface area (Å²) in [5.41, 5.74) is -0.00613. The first-order chi connectivity index (χ1) is 11.8. The molecule has 1 amide bonds. The molecule has 132 valence electrons. The van der Waals surface area contributed by atoms with Crippen molar-refractivity contribution in [1.82, 2.24) is 9.88 Å². The predicted molar refractivity (Wildman–Crippen MR) is 83.3 cm³/mol. The Bertz CT molecular complexity index is 744. The average Bonchev–Trinajstić information content (AvgIpc) is 2.58. The summed E-state index contributed by atoms with van der Waals surface area (Å²) in [7, 11) is 0. The lowest BCUT2D eigenvalue weighted by Gasteiger charge is -2.35. The van der Waals surface area contributed by atoms with Crippen molar-refractivity contribution in [2.45, 2.75) is 12.7 Å². The Hall–Kier alpha value is -2.64. The topological polar surface area (TPSA) is 36.4 Å². The van der Waals surface area contributed by atoms with Crippen molar-refractivity contribution in [3.63, 3.8) is 0 Å². The summed E-state index contributed by atoms with van der Waals surface area (Å²) in [6.07, 6.45) is -3.67. The van der Waals surface area contributed by atoms with Crippen molar-refractivity contribution in [2.24, 2.45) is 0 Å². The maximum atomic E-state index is 12.9. The monoisotopic (exact) mass is 353 g/mol. The number of halogens is 4. The van der Waals surface area contributed by atoms with E-state index in [2.05, 4.69) is 4.98 Å². The second-order valence-corrected chi connectivity index (χ2v) is 5.77. The van der Waals surface area contributed by atoms with Crippen LogP contribution in [-0.4, -0.2) is 35.4 Å². The van der Waals surface area contributed by atoms with Crippen molar-refractivity contribution in [1.29, 1.82) is 0 Å². The van der Waals surface area contributed by atoms with Gasteiger partial charge in [-0.15, -0.1) is 0 Å². The largest absolute Gasteiger partial charge is 0.417 e. The number of alkyl halides is 3. The first kappa shape index (κ1) is 17.2. The number of carbonyl (C=O) groups is 1. The summed E-state index contributed by atoms with van der Waals surface area (Å²) < 4.78 is 50.6. The molecule has 2 heterocycles. The fraction of sp³-hybridized carbons (Fsp3) is 0.294. The van der Waals surface area contributed by atoms with Gasteiger partial charge in [0.15, 0.2) is 0 Å². The molecule has 1 aliphatic heterocycles. The van der Waals surface area contributed by atoms with Crippen molar-refractivity contribution in [3.8, 4) is 0 Å². The van der Waals surface area contributed by atoms with Crippen LogP contribution < -0.4 is 4.90 Å². The van der Waals surface area contributed by atoms with E-state index in [4.69, 9.17) is 0 Å². The Morgan fingerprint density at radius 1 is 1.04 bits per heavy atom. The number of anilines is 1. The summed E-state index contributed by atoms with van der Waals surface area (Å²) in [4.78, 5) is 19.4. The summed E-state index contributed by atoms with van der Waals surface area (Å²) in [6.45, 7) is 1.29. The molecule has 1 aliphatic rings. The van der Waals surface area contributed by atoms with Gasteiger partial charge < -0.3 is 9.80 Å². The average molecular weight is 353 g/mol. The second kappa shape index (κ2) is 6.70. The lowest BCUT2D eigenvalue weighted by atomic mass is 10.2. The maximum Gasteiger partial charge on any atom is 0.417 e. The predicted octanol–water partition coefficient (Wildman–Crippen LogP) is 3.09. The van der Waals surface area contributed by atoms with Crippen LogP contribution in [0.25, 0.3) is 0 Å². The van der Waals surface area contributed by atoms with Crippen LogP contribution in [0.1, 0.15) is 11.1 Å². The Kier molecular flexibility index (Phi) is 4.61. The van der Waals surface area contributed by atoms with Gasteiger partial charge in [0, 0.05) is 25.8 Å². The molecule has 0 aliphatic carbocycles. The zero-order valence-corrected chi connectivity index (χ0v) is 13.1. The molecule has 0 unspecified atom stereocenters. The minimum Gasteiger partial charge on any atom is -0.346 e. The molecule has 4 nitrogen and oxygen atoms in total. The number of hydrogen-bond donors (Lipinski definition) is 0. The number of carbonyl (C=O) groups excluding carboxylic acids is 1. The Morgan fingerprint density at radius 2 is 1.76 bits per heavy atom. The number of aromatic nitrogens is 1. The number of hydrogen-bond acceptors (Lipinski definition) is 3.